The van der Waals surface area contributed by atoms with Gasteiger partial charge in [-0.3, -0.25) is 8.86 Å². The fourth-order valence-corrected chi connectivity index (χ4v) is 5.87. The minimum absolute atomic E-state index is 0.0134. The lowest BCUT2D eigenvalue weighted by Gasteiger charge is -2.36. The van der Waals surface area contributed by atoms with E-state index in [4.69, 9.17) is 23.7 Å². The number of nitrogens with zero attached hydrogens (tertiary/aromatic N) is 4. The van der Waals surface area contributed by atoms with Crippen molar-refractivity contribution in [3.63, 3.8) is 0 Å². The first-order valence-electron chi connectivity index (χ1n) is 14.6. The first kappa shape index (κ1) is 32.6. The monoisotopic (exact) mass is 622 g/mol. The SMILES string of the molecule is C[C@H](COCCn1cc(-c2nn(C3CCCCO3)c3ccc(O[Si](C)(C)C(C)(C)C)cc23)cn1)OCCOS(C)(=O)=O. The van der Waals surface area contributed by atoms with Gasteiger partial charge in [0, 0.05) is 23.8 Å². The molecule has 1 unspecified atom stereocenters. The molecular weight excluding hydrogens is 576 g/mol. The van der Waals surface area contributed by atoms with Crippen LogP contribution >= 0.6 is 0 Å². The van der Waals surface area contributed by atoms with Crippen molar-refractivity contribution in [3.8, 4) is 17.0 Å². The van der Waals surface area contributed by atoms with Gasteiger partial charge in [0.2, 0.25) is 8.32 Å². The minimum Gasteiger partial charge on any atom is -0.543 e. The Labute approximate surface area is 250 Å². The van der Waals surface area contributed by atoms with Crippen LogP contribution in [0.2, 0.25) is 18.1 Å². The van der Waals surface area contributed by atoms with Crippen LogP contribution in [0.15, 0.2) is 30.6 Å². The van der Waals surface area contributed by atoms with E-state index in [1.165, 1.54) is 0 Å². The molecule has 0 N–H and O–H groups in total. The van der Waals surface area contributed by atoms with Crippen LogP contribution in [0.1, 0.15) is 53.2 Å². The van der Waals surface area contributed by atoms with Crippen LogP contribution in [0.5, 0.6) is 5.75 Å². The van der Waals surface area contributed by atoms with Crippen molar-refractivity contribution in [1.82, 2.24) is 19.6 Å². The Balaban J connectivity index is 1.45. The molecule has 0 amide bonds. The fraction of sp³-hybridized carbons (Fsp3) is 0.655. The summed E-state index contributed by atoms with van der Waals surface area (Å²) in [6.45, 7) is 15.4. The van der Waals surface area contributed by atoms with Crippen molar-refractivity contribution in [2.24, 2.45) is 0 Å². The third kappa shape index (κ3) is 8.63. The van der Waals surface area contributed by atoms with E-state index in [-0.39, 0.29) is 30.6 Å². The van der Waals surface area contributed by atoms with Gasteiger partial charge in [0.25, 0.3) is 10.1 Å². The molecule has 234 valence electrons. The molecule has 0 bridgehead atoms. The number of aromatic nitrogens is 4. The summed E-state index contributed by atoms with van der Waals surface area (Å²) in [7, 11) is -5.48. The summed E-state index contributed by atoms with van der Waals surface area (Å²) in [6, 6.07) is 6.26. The van der Waals surface area contributed by atoms with Crippen molar-refractivity contribution in [2.45, 2.75) is 84.0 Å². The topological polar surface area (TPSA) is 116 Å². The zero-order valence-corrected chi connectivity index (χ0v) is 27.8. The predicted molar refractivity (Wildman–Crippen MR) is 165 cm³/mol. The van der Waals surface area contributed by atoms with Crippen LogP contribution in [0.3, 0.4) is 0 Å². The lowest BCUT2D eigenvalue weighted by Crippen LogP contribution is -2.43. The van der Waals surface area contributed by atoms with E-state index in [9.17, 15) is 8.42 Å². The van der Waals surface area contributed by atoms with Gasteiger partial charge in [0.15, 0.2) is 6.23 Å². The maximum atomic E-state index is 11.0. The molecule has 13 heteroatoms. The van der Waals surface area contributed by atoms with Crippen LogP contribution < -0.4 is 4.43 Å². The quantitative estimate of drug-likeness (QED) is 0.133. The number of hydrogen-bond acceptors (Lipinski definition) is 9. The van der Waals surface area contributed by atoms with Gasteiger partial charge in [0.1, 0.15) is 11.4 Å². The molecule has 2 aromatic heterocycles. The molecule has 11 nitrogen and oxygen atoms in total. The Morgan fingerprint density at radius 3 is 2.64 bits per heavy atom. The van der Waals surface area contributed by atoms with Gasteiger partial charge < -0.3 is 18.6 Å². The largest absolute Gasteiger partial charge is 0.543 e. The Morgan fingerprint density at radius 1 is 1.17 bits per heavy atom. The Kier molecular flexibility index (Phi) is 10.5. The predicted octanol–water partition coefficient (Wildman–Crippen LogP) is 5.38. The molecule has 3 heterocycles. The number of fused-ring (bicyclic) bond motifs is 1. The van der Waals surface area contributed by atoms with E-state index < -0.39 is 18.4 Å². The summed E-state index contributed by atoms with van der Waals surface area (Å²) in [5, 5.41) is 10.7. The first-order valence-corrected chi connectivity index (χ1v) is 19.4. The highest BCUT2D eigenvalue weighted by molar-refractivity contribution is 7.85. The maximum Gasteiger partial charge on any atom is 0.264 e. The molecule has 3 aromatic rings. The second kappa shape index (κ2) is 13.6. The summed E-state index contributed by atoms with van der Waals surface area (Å²) in [6.07, 6.45) is 7.68. The molecule has 1 aliphatic rings. The third-order valence-corrected chi connectivity index (χ3v) is 12.7. The van der Waals surface area contributed by atoms with E-state index in [0.717, 1.165) is 60.0 Å². The van der Waals surface area contributed by atoms with E-state index >= 15 is 0 Å². The van der Waals surface area contributed by atoms with Gasteiger partial charge >= 0.3 is 0 Å². The highest BCUT2D eigenvalue weighted by atomic mass is 32.2. The molecular formula is C29H46N4O7SSi. The van der Waals surface area contributed by atoms with Crippen LogP contribution in [0, 0.1) is 0 Å². The lowest BCUT2D eigenvalue weighted by molar-refractivity contribution is -0.0365. The standard InChI is InChI=1S/C29H46N4O7SSi/c1-22(37-16-17-39-41(5,34)35)21-36-15-13-32-20-23(19-30-32)28-25-18-24(40-42(6,7)29(2,3)4)11-12-26(25)33(31-28)27-10-8-9-14-38-27/h11-12,18-20,22,27H,8-10,13-17,21H2,1-7H3/t22-,27?/m1/s1. The van der Waals surface area contributed by atoms with Gasteiger partial charge in [-0.05, 0) is 62.5 Å². The van der Waals surface area contributed by atoms with Gasteiger partial charge in [-0.15, -0.1) is 0 Å². The van der Waals surface area contributed by atoms with E-state index in [0.29, 0.717) is 19.8 Å². The molecule has 1 saturated heterocycles. The maximum absolute atomic E-state index is 11.0. The zero-order valence-electron chi connectivity index (χ0n) is 26.0. The van der Waals surface area contributed by atoms with E-state index in [1.54, 1.807) is 0 Å². The van der Waals surface area contributed by atoms with Crippen molar-refractivity contribution < 1.29 is 31.2 Å². The summed E-state index contributed by atoms with van der Waals surface area (Å²) in [5.41, 5.74) is 2.79. The summed E-state index contributed by atoms with van der Waals surface area (Å²) >= 11 is 0. The molecule has 4 rings (SSSR count). The third-order valence-electron chi connectivity index (χ3n) is 7.79. The highest BCUT2D eigenvalue weighted by Gasteiger charge is 2.39. The normalized spacial score (nSPS) is 17.5. The van der Waals surface area contributed by atoms with Crippen molar-refractivity contribution in [2.75, 3.05) is 39.3 Å². The number of ether oxygens (including phenoxy) is 3. The Hall–Kier alpha value is -2.29. The second-order valence-electron chi connectivity index (χ2n) is 12.4. The average molecular weight is 623 g/mol. The van der Waals surface area contributed by atoms with Crippen LogP contribution in [0.4, 0.5) is 0 Å². The first-order chi connectivity index (χ1) is 19.7. The van der Waals surface area contributed by atoms with Crippen LogP contribution in [-0.4, -0.2) is 81.7 Å². The summed E-state index contributed by atoms with van der Waals surface area (Å²) < 4.78 is 54.6. The highest BCUT2D eigenvalue weighted by Crippen LogP contribution is 2.39. The molecule has 1 fully saturated rings. The van der Waals surface area contributed by atoms with E-state index in [1.807, 2.05) is 28.7 Å². The molecule has 1 aliphatic heterocycles. The van der Waals surface area contributed by atoms with Gasteiger partial charge in [-0.25, -0.2) is 4.68 Å². The van der Waals surface area contributed by atoms with Crippen molar-refractivity contribution in [1.29, 1.82) is 0 Å². The number of benzene rings is 1. The molecule has 1 aromatic carbocycles. The Morgan fingerprint density at radius 2 is 1.95 bits per heavy atom. The summed E-state index contributed by atoms with van der Waals surface area (Å²) in [4.78, 5) is 0. The number of rotatable bonds is 14. The molecule has 42 heavy (non-hydrogen) atoms. The van der Waals surface area contributed by atoms with Crippen molar-refractivity contribution in [3.05, 3.63) is 30.6 Å². The van der Waals surface area contributed by atoms with Crippen LogP contribution in [-0.2, 0) is 35.1 Å². The van der Waals surface area contributed by atoms with Crippen LogP contribution in [0.25, 0.3) is 22.2 Å². The molecule has 0 spiro atoms. The Bertz CT molecular complexity index is 1430. The number of hydrogen-bond donors (Lipinski definition) is 0. The minimum atomic E-state index is -3.46. The van der Waals surface area contributed by atoms with Gasteiger partial charge in [-0.2, -0.15) is 18.6 Å². The average Bonchev–Trinajstić information content (AvgIpc) is 3.53. The zero-order chi connectivity index (χ0) is 30.5. The smallest absolute Gasteiger partial charge is 0.264 e. The van der Waals surface area contributed by atoms with Crippen molar-refractivity contribution >= 4 is 29.3 Å². The molecule has 0 aliphatic carbocycles. The molecule has 2 atom stereocenters. The van der Waals surface area contributed by atoms with Gasteiger partial charge in [0.05, 0.1) is 57.0 Å². The second-order valence-corrected chi connectivity index (χ2v) is 18.8. The van der Waals surface area contributed by atoms with E-state index in [2.05, 4.69) is 61.3 Å². The lowest BCUT2D eigenvalue weighted by atomic mass is 10.1. The van der Waals surface area contributed by atoms with Gasteiger partial charge in [-0.1, -0.05) is 20.8 Å². The molecule has 0 radical (unpaired) electrons. The summed E-state index contributed by atoms with van der Waals surface area (Å²) in [5.74, 6) is 0.861. The molecule has 0 saturated carbocycles. The fourth-order valence-electron chi connectivity index (χ4n) is 4.48.